The minimum Gasteiger partial charge on any atom is -0.303 e. The van der Waals surface area contributed by atoms with E-state index in [0.717, 1.165) is 36.0 Å². The van der Waals surface area contributed by atoms with Crippen LogP contribution in [0.2, 0.25) is 0 Å². The van der Waals surface area contributed by atoms with Gasteiger partial charge >= 0.3 is 5.56 Å². The molecule has 4 rings (SSSR count). The van der Waals surface area contributed by atoms with Crippen molar-refractivity contribution in [3.8, 4) is 0 Å². The molecule has 1 fully saturated rings. The van der Waals surface area contributed by atoms with Crippen molar-refractivity contribution in [2.75, 3.05) is 0 Å². The molecule has 1 aliphatic heterocycles. The standard InChI is InChI=1S/C17H20N5OS2/c1-2-9-22-14-12(19-13(20-14)11-6-4-3-5-7-11)15(23)21-16(22)25-17-18-8-10-24-17/h8,10-11H,2-7,9H2,1H3. The van der Waals surface area contributed by atoms with Gasteiger partial charge in [0.2, 0.25) is 0 Å². The number of amidine groups is 1. The summed E-state index contributed by atoms with van der Waals surface area (Å²) in [6.45, 7) is 2.88. The molecule has 2 aliphatic rings. The van der Waals surface area contributed by atoms with Gasteiger partial charge in [-0.05, 0) is 31.0 Å². The lowest BCUT2D eigenvalue weighted by Gasteiger charge is -2.20. The van der Waals surface area contributed by atoms with Gasteiger partial charge in [0.1, 0.15) is 5.84 Å². The van der Waals surface area contributed by atoms with Gasteiger partial charge in [-0.15, -0.1) is 11.3 Å². The predicted molar refractivity (Wildman–Crippen MR) is 100 cm³/mol. The van der Waals surface area contributed by atoms with Gasteiger partial charge in [0.05, 0.1) is 0 Å². The molecule has 0 atom stereocenters. The van der Waals surface area contributed by atoms with E-state index < -0.39 is 0 Å². The SMILES string of the molecule is CCCn1c(Sc2nccs2)nc(=O)c2c1N=C(C1CCCCC1)[N]2. The highest BCUT2D eigenvalue weighted by Crippen LogP contribution is 2.37. The van der Waals surface area contributed by atoms with Crippen molar-refractivity contribution in [3.63, 3.8) is 0 Å². The zero-order valence-electron chi connectivity index (χ0n) is 14.1. The van der Waals surface area contributed by atoms with E-state index in [9.17, 15) is 4.79 Å². The van der Waals surface area contributed by atoms with Gasteiger partial charge in [-0.1, -0.05) is 26.2 Å². The Morgan fingerprint density at radius 3 is 2.88 bits per heavy atom. The molecule has 0 unspecified atom stereocenters. The number of hydrogen-bond donors (Lipinski definition) is 0. The van der Waals surface area contributed by atoms with Crippen molar-refractivity contribution in [1.82, 2.24) is 19.9 Å². The maximum absolute atomic E-state index is 12.5. The first-order valence-electron chi connectivity index (χ1n) is 8.78. The van der Waals surface area contributed by atoms with E-state index in [2.05, 4.69) is 22.2 Å². The van der Waals surface area contributed by atoms with E-state index in [-0.39, 0.29) is 5.56 Å². The fourth-order valence-electron chi connectivity index (χ4n) is 3.36. The summed E-state index contributed by atoms with van der Waals surface area (Å²) in [5, 5.41) is 7.17. The normalized spacial score (nSPS) is 17.2. The quantitative estimate of drug-likeness (QED) is 0.738. The summed E-state index contributed by atoms with van der Waals surface area (Å²) in [5.74, 6) is 1.89. The topological polar surface area (TPSA) is 74.2 Å². The average Bonchev–Trinajstić information content (AvgIpc) is 3.29. The molecular weight excluding hydrogens is 354 g/mol. The third-order valence-electron chi connectivity index (χ3n) is 4.55. The third kappa shape index (κ3) is 3.37. The summed E-state index contributed by atoms with van der Waals surface area (Å²) in [4.78, 5) is 25.9. The molecule has 3 heterocycles. The van der Waals surface area contributed by atoms with Crippen molar-refractivity contribution in [3.05, 3.63) is 21.9 Å². The van der Waals surface area contributed by atoms with E-state index in [0.29, 0.717) is 22.6 Å². The lowest BCUT2D eigenvalue weighted by atomic mass is 9.88. The maximum atomic E-state index is 12.5. The van der Waals surface area contributed by atoms with Gasteiger partial charge in [-0.2, -0.15) is 4.98 Å². The molecule has 25 heavy (non-hydrogen) atoms. The first-order chi connectivity index (χ1) is 12.3. The minimum atomic E-state index is -0.282. The van der Waals surface area contributed by atoms with Crippen molar-refractivity contribution >= 4 is 40.4 Å². The lowest BCUT2D eigenvalue weighted by molar-refractivity contribution is 0.435. The van der Waals surface area contributed by atoms with Crippen LogP contribution in [-0.4, -0.2) is 20.4 Å². The number of aromatic nitrogens is 3. The van der Waals surface area contributed by atoms with Crippen LogP contribution in [-0.2, 0) is 6.54 Å². The molecule has 131 valence electrons. The Kier molecular flexibility index (Phi) is 4.89. The fraction of sp³-hybridized carbons (Fsp3) is 0.529. The van der Waals surface area contributed by atoms with Gasteiger partial charge in [0.15, 0.2) is 21.0 Å². The van der Waals surface area contributed by atoms with Gasteiger partial charge in [0.25, 0.3) is 0 Å². The molecule has 2 aromatic heterocycles. The molecule has 1 aliphatic carbocycles. The summed E-state index contributed by atoms with van der Waals surface area (Å²) in [6, 6.07) is 0. The molecule has 8 heteroatoms. The molecular formula is C17H20N5OS2. The van der Waals surface area contributed by atoms with Crippen LogP contribution >= 0.6 is 23.1 Å². The van der Waals surface area contributed by atoms with E-state index in [4.69, 9.17) is 4.99 Å². The first kappa shape index (κ1) is 16.8. The Labute approximate surface area is 154 Å². The predicted octanol–water partition coefficient (Wildman–Crippen LogP) is 4.12. The van der Waals surface area contributed by atoms with Gasteiger partial charge in [0, 0.05) is 24.0 Å². The summed E-state index contributed by atoms with van der Waals surface area (Å²) < 4.78 is 2.91. The molecule has 0 saturated heterocycles. The van der Waals surface area contributed by atoms with Crippen molar-refractivity contribution in [2.45, 2.75) is 61.5 Å². The lowest BCUT2D eigenvalue weighted by Crippen LogP contribution is -2.24. The molecule has 0 amide bonds. The smallest absolute Gasteiger partial charge is 0.301 e. The molecule has 1 radical (unpaired) electrons. The Morgan fingerprint density at radius 1 is 1.32 bits per heavy atom. The van der Waals surface area contributed by atoms with Crippen LogP contribution in [0.3, 0.4) is 0 Å². The number of fused-ring (bicyclic) bond motifs is 1. The van der Waals surface area contributed by atoms with Crippen molar-refractivity contribution < 1.29 is 0 Å². The van der Waals surface area contributed by atoms with Crippen LogP contribution in [0.25, 0.3) is 0 Å². The average molecular weight is 375 g/mol. The Bertz CT molecular complexity index is 837. The van der Waals surface area contributed by atoms with Crippen LogP contribution in [0.5, 0.6) is 0 Å². The monoisotopic (exact) mass is 374 g/mol. The second-order valence-corrected chi connectivity index (χ2v) is 8.45. The van der Waals surface area contributed by atoms with Crippen LogP contribution in [0, 0.1) is 5.92 Å². The summed E-state index contributed by atoms with van der Waals surface area (Å²) in [6.07, 6.45) is 8.67. The molecule has 0 aromatic carbocycles. The summed E-state index contributed by atoms with van der Waals surface area (Å²) in [5.41, 5.74) is 0.133. The second kappa shape index (κ2) is 7.29. The van der Waals surface area contributed by atoms with Crippen molar-refractivity contribution in [2.24, 2.45) is 10.9 Å². The highest BCUT2D eigenvalue weighted by Gasteiger charge is 2.30. The number of rotatable bonds is 5. The zero-order chi connectivity index (χ0) is 17.2. The Morgan fingerprint density at radius 2 is 2.16 bits per heavy atom. The van der Waals surface area contributed by atoms with E-state index in [1.165, 1.54) is 31.0 Å². The first-order valence-corrected chi connectivity index (χ1v) is 10.5. The third-order valence-corrected chi connectivity index (χ3v) is 6.43. The largest absolute Gasteiger partial charge is 0.303 e. The number of nitrogens with zero attached hydrogens (tertiary/aromatic N) is 5. The van der Waals surface area contributed by atoms with E-state index in [1.807, 2.05) is 9.95 Å². The van der Waals surface area contributed by atoms with Gasteiger partial charge in [-0.25, -0.2) is 15.3 Å². The van der Waals surface area contributed by atoms with Crippen LogP contribution in [0.4, 0.5) is 11.5 Å². The number of thiazole rings is 1. The summed E-state index contributed by atoms with van der Waals surface area (Å²) >= 11 is 2.97. The number of aliphatic imine (C=N–C) groups is 1. The van der Waals surface area contributed by atoms with Crippen LogP contribution in [0.1, 0.15) is 45.4 Å². The molecule has 6 nitrogen and oxygen atoms in total. The maximum Gasteiger partial charge on any atom is 0.301 e. The Hall–Kier alpha value is -1.67. The van der Waals surface area contributed by atoms with Gasteiger partial charge < -0.3 is 4.57 Å². The molecule has 0 bridgehead atoms. The van der Waals surface area contributed by atoms with Crippen LogP contribution in [0.15, 0.2) is 30.9 Å². The fourth-order valence-corrected chi connectivity index (χ4v) is 4.99. The highest BCUT2D eigenvalue weighted by atomic mass is 32.2. The molecule has 0 spiro atoms. The van der Waals surface area contributed by atoms with Crippen LogP contribution < -0.4 is 10.9 Å². The molecule has 2 aromatic rings. The van der Waals surface area contributed by atoms with E-state index >= 15 is 0 Å². The second-order valence-electron chi connectivity index (χ2n) is 6.34. The van der Waals surface area contributed by atoms with Gasteiger partial charge in [-0.3, -0.25) is 4.79 Å². The summed E-state index contributed by atoms with van der Waals surface area (Å²) in [7, 11) is 0. The molecule has 1 saturated carbocycles. The zero-order valence-corrected chi connectivity index (χ0v) is 15.8. The highest BCUT2D eigenvalue weighted by molar-refractivity contribution is 8.00. The number of hydrogen-bond acceptors (Lipinski definition) is 6. The Balaban J connectivity index is 1.73. The minimum absolute atomic E-state index is 0.282. The van der Waals surface area contributed by atoms with Crippen molar-refractivity contribution in [1.29, 1.82) is 0 Å². The molecule has 0 N–H and O–H groups in total. The van der Waals surface area contributed by atoms with E-state index in [1.54, 1.807) is 17.5 Å².